The van der Waals surface area contributed by atoms with E-state index in [1.807, 2.05) is 0 Å². The van der Waals surface area contributed by atoms with Gasteiger partial charge in [-0.3, -0.25) is 0 Å². The normalized spacial score (nSPS) is 11.9. The van der Waals surface area contributed by atoms with E-state index in [2.05, 4.69) is 136 Å². The number of nitrogens with zero attached hydrogens (tertiary/aromatic N) is 2. The maximum absolute atomic E-state index is 6.87. The van der Waals surface area contributed by atoms with Gasteiger partial charge in [0.2, 0.25) is 5.52 Å². The second kappa shape index (κ2) is 8.74. The van der Waals surface area contributed by atoms with Gasteiger partial charge in [0.1, 0.15) is 18.1 Å². The van der Waals surface area contributed by atoms with Gasteiger partial charge in [-0.25, -0.2) is 9.55 Å². The van der Waals surface area contributed by atoms with E-state index in [0.717, 1.165) is 55.0 Å². The molecule has 0 unspecified atom stereocenters. The lowest BCUT2D eigenvalue weighted by Gasteiger charge is -2.05. The van der Waals surface area contributed by atoms with E-state index in [-0.39, 0.29) is 0 Å². The van der Waals surface area contributed by atoms with Crippen LogP contribution in [-0.4, -0.2) is 4.98 Å². The van der Waals surface area contributed by atoms with Gasteiger partial charge >= 0.3 is 0 Å². The third kappa shape index (κ3) is 3.59. The molecule has 0 fully saturated rings. The molecule has 3 heteroatoms. The van der Waals surface area contributed by atoms with Crippen LogP contribution < -0.4 is 4.57 Å². The highest BCUT2D eigenvalue weighted by Gasteiger charge is 2.20. The van der Waals surface area contributed by atoms with Crippen LogP contribution in [0.5, 0.6) is 0 Å². The third-order valence-electron chi connectivity index (χ3n) is 8.72. The van der Waals surface area contributed by atoms with Crippen molar-refractivity contribution < 1.29 is 8.98 Å². The molecule has 0 aliphatic carbocycles. The first kappa shape index (κ1) is 23.8. The molecule has 0 saturated carbocycles. The monoisotopic (exact) mass is 529 g/mol. The Morgan fingerprint density at radius 2 is 1.12 bits per heavy atom. The standard InChI is InChI=1S/C38H29N2O/c1-22-21-40(4)34-20-33(22)30-14-7-12-28(19-30)26-10-5-9-25(17-26)27-11-6-13-29(18-27)31-15-8-16-32-36-38(41-37(31)32)35(34)23(2)24(3)39-36/h5-21H,1-4H3/q+1. The van der Waals surface area contributed by atoms with Gasteiger partial charge in [-0.2, -0.15) is 0 Å². The van der Waals surface area contributed by atoms with E-state index in [1.165, 1.54) is 37.9 Å². The Hall–Kier alpha value is -5.02. The first-order valence-corrected chi connectivity index (χ1v) is 14.1. The van der Waals surface area contributed by atoms with Crippen molar-refractivity contribution in [1.29, 1.82) is 0 Å². The molecule has 41 heavy (non-hydrogen) atoms. The Bertz CT molecular complexity index is 2470. The SMILES string of the molecule is Cc1nc2c3cccc4c5cccc(c5)c5cccc(c5)c5cccc(c5)c5cc(c(c1C)c2oc43)[n+](C)cc5C. The van der Waals surface area contributed by atoms with Gasteiger partial charge in [-0.05, 0) is 88.3 Å². The molecule has 0 amide bonds. The van der Waals surface area contributed by atoms with Crippen LogP contribution in [0, 0.1) is 20.8 Å². The van der Waals surface area contributed by atoms with Gasteiger partial charge < -0.3 is 4.42 Å². The van der Waals surface area contributed by atoms with Crippen LogP contribution in [0.1, 0.15) is 16.8 Å². The topological polar surface area (TPSA) is 29.9 Å². The molecule has 0 atom stereocenters. The average molecular weight is 530 g/mol. The summed E-state index contributed by atoms with van der Waals surface area (Å²) in [7, 11) is 2.12. The lowest BCUT2D eigenvalue weighted by molar-refractivity contribution is -0.645. The average Bonchev–Trinajstić information content (AvgIpc) is 3.36. The molecule has 0 aliphatic rings. The Balaban J connectivity index is 1.74. The smallest absolute Gasteiger partial charge is 0.217 e. The number of aromatic nitrogens is 2. The van der Waals surface area contributed by atoms with E-state index < -0.39 is 0 Å². The Morgan fingerprint density at radius 3 is 1.78 bits per heavy atom. The van der Waals surface area contributed by atoms with Crippen molar-refractivity contribution in [3.05, 3.63) is 120 Å². The molecule has 0 aliphatic heterocycles. The zero-order valence-corrected chi connectivity index (χ0v) is 23.6. The molecule has 10 bridgehead atoms. The summed E-state index contributed by atoms with van der Waals surface area (Å²) in [5.74, 6) is 0. The van der Waals surface area contributed by atoms with Gasteiger partial charge in [0.25, 0.3) is 0 Å². The number of pyridine rings is 2. The Kier molecular flexibility index (Phi) is 5.08. The van der Waals surface area contributed by atoms with Crippen molar-refractivity contribution in [2.45, 2.75) is 20.8 Å². The van der Waals surface area contributed by atoms with E-state index >= 15 is 0 Å². The molecule has 196 valence electrons. The minimum atomic E-state index is 0.835. The molecule has 4 aromatic heterocycles. The van der Waals surface area contributed by atoms with Crippen molar-refractivity contribution >= 4 is 76.1 Å². The molecular formula is C38H29N2O+. The largest absolute Gasteiger partial charge is 0.453 e. The van der Waals surface area contributed by atoms with Crippen LogP contribution in [-0.2, 0) is 7.05 Å². The van der Waals surface area contributed by atoms with E-state index in [1.54, 1.807) is 0 Å². The summed E-state index contributed by atoms with van der Waals surface area (Å²) in [5.41, 5.74) is 7.10. The van der Waals surface area contributed by atoms with Crippen LogP contribution in [0.25, 0.3) is 76.1 Å². The second-order valence-corrected chi connectivity index (χ2v) is 11.3. The van der Waals surface area contributed by atoms with Crippen molar-refractivity contribution in [2.75, 3.05) is 0 Å². The van der Waals surface area contributed by atoms with Crippen molar-refractivity contribution in [3.63, 3.8) is 0 Å². The summed E-state index contributed by atoms with van der Waals surface area (Å²) in [4.78, 5) is 5.08. The summed E-state index contributed by atoms with van der Waals surface area (Å²) in [6, 6.07) is 35.2. The molecule has 0 spiro atoms. The maximum atomic E-state index is 6.87. The fourth-order valence-corrected chi connectivity index (χ4v) is 6.48. The lowest BCUT2D eigenvalue weighted by atomic mass is 10.0. The highest BCUT2D eigenvalue weighted by molar-refractivity contribution is 6.18. The quantitative estimate of drug-likeness (QED) is 0.183. The number of rotatable bonds is 0. The number of furan rings is 1. The maximum Gasteiger partial charge on any atom is 0.217 e. The van der Waals surface area contributed by atoms with Gasteiger partial charge in [0.15, 0.2) is 11.8 Å². The van der Waals surface area contributed by atoms with Gasteiger partial charge in [0, 0.05) is 28.1 Å². The van der Waals surface area contributed by atoms with E-state index in [9.17, 15) is 0 Å². The van der Waals surface area contributed by atoms with Crippen LogP contribution in [0.4, 0.5) is 0 Å². The van der Waals surface area contributed by atoms with Crippen molar-refractivity contribution in [3.8, 4) is 0 Å². The number of aryl methyl sites for hydroxylation is 4. The molecule has 3 nitrogen and oxygen atoms in total. The number of para-hydroxylation sites is 1. The summed E-state index contributed by atoms with van der Waals surface area (Å²) in [5, 5.41) is 11.5. The molecule has 8 rings (SSSR count). The first-order chi connectivity index (χ1) is 20.0. The molecule has 0 radical (unpaired) electrons. The highest BCUT2D eigenvalue weighted by Crippen LogP contribution is 2.37. The summed E-state index contributed by atoms with van der Waals surface area (Å²) in [6.07, 6.45) is 2.23. The van der Waals surface area contributed by atoms with Crippen LogP contribution in [0.15, 0.2) is 108 Å². The molecule has 0 N–H and O–H groups in total. The number of fused-ring (bicyclic) bond motifs is 14. The summed E-state index contributed by atoms with van der Waals surface area (Å²) in [6.45, 7) is 6.45. The number of hydrogen-bond donors (Lipinski definition) is 0. The number of benzene rings is 4. The van der Waals surface area contributed by atoms with Crippen LogP contribution in [0.3, 0.4) is 0 Å². The molecule has 4 aromatic carbocycles. The van der Waals surface area contributed by atoms with Gasteiger partial charge in [-0.15, -0.1) is 0 Å². The van der Waals surface area contributed by atoms with Crippen LogP contribution in [0.2, 0.25) is 0 Å². The minimum Gasteiger partial charge on any atom is -0.453 e. The Labute approximate surface area is 237 Å². The van der Waals surface area contributed by atoms with E-state index in [0.29, 0.717) is 0 Å². The summed E-state index contributed by atoms with van der Waals surface area (Å²) >= 11 is 0. The zero-order valence-electron chi connectivity index (χ0n) is 23.6. The number of hydrogen-bond acceptors (Lipinski definition) is 2. The lowest BCUT2D eigenvalue weighted by Crippen LogP contribution is -2.28. The summed E-state index contributed by atoms with van der Waals surface area (Å²) < 4.78 is 9.09. The van der Waals surface area contributed by atoms with Gasteiger partial charge in [0.05, 0.1) is 5.39 Å². The van der Waals surface area contributed by atoms with Crippen molar-refractivity contribution in [1.82, 2.24) is 4.98 Å². The predicted octanol–water partition coefficient (Wildman–Crippen LogP) is 9.62. The third-order valence-corrected chi connectivity index (χ3v) is 8.72. The molecule has 8 aromatic rings. The zero-order chi connectivity index (χ0) is 27.8. The second-order valence-electron chi connectivity index (χ2n) is 11.3. The van der Waals surface area contributed by atoms with Gasteiger partial charge in [-0.1, -0.05) is 66.7 Å². The fourth-order valence-electron chi connectivity index (χ4n) is 6.48. The fraction of sp³-hybridized carbons (Fsp3) is 0.105. The molecule has 4 heterocycles. The Morgan fingerprint density at radius 1 is 0.585 bits per heavy atom. The molecular weight excluding hydrogens is 500 g/mol. The predicted molar refractivity (Wildman–Crippen MR) is 172 cm³/mol. The minimum absolute atomic E-state index is 0.835. The van der Waals surface area contributed by atoms with E-state index in [4.69, 9.17) is 9.40 Å². The van der Waals surface area contributed by atoms with Crippen molar-refractivity contribution in [2.24, 2.45) is 7.05 Å². The van der Waals surface area contributed by atoms with Crippen LogP contribution >= 0.6 is 0 Å². The molecule has 0 saturated heterocycles. The first-order valence-electron chi connectivity index (χ1n) is 14.1. The highest BCUT2D eigenvalue weighted by atomic mass is 16.3.